The third-order valence-electron chi connectivity index (χ3n) is 1.43. The van der Waals surface area contributed by atoms with Gasteiger partial charge in [-0.25, -0.2) is 8.42 Å². The number of aryl methyl sites for hydroxylation is 2. The Balaban J connectivity index is 3.15. The minimum atomic E-state index is -3.30. The number of rotatable bonds is 2. The van der Waals surface area contributed by atoms with Crippen LogP contribution in [0.4, 0.5) is 5.82 Å². The first-order valence-corrected chi connectivity index (χ1v) is 5.75. The minimum Gasteiger partial charge on any atom is -0.267 e. The molecule has 0 aliphatic heterocycles. The lowest BCUT2D eigenvalue weighted by Gasteiger charge is -2.03. The van der Waals surface area contributed by atoms with Crippen molar-refractivity contribution in [3.8, 4) is 0 Å². The molecule has 13 heavy (non-hydrogen) atoms. The molecule has 0 unspecified atom stereocenters. The highest BCUT2D eigenvalue weighted by atomic mass is 35.5. The zero-order valence-electron chi connectivity index (χ0n) is 7.50. The van der Waals surface area contributed by atoms with Crippen LogP contribution in [0.5, 0.6) is 0 Å². The average Bonchev–Trinajstić information content (AvgIpc) is 2.14. The molecule has 0 atom stereocenters. The molecule has 7 heteroatoms. The quantitative estimate of drug-likeness (QED) is 0.805. The van der Waals surface area contributed by atoms with Gasteiger partial charge < -0.3 is 0 Å². The third kappa shape index (κ3) is 2.35. The van der Waals surface area contributed by atoms with Crippen LogP contribution >= 0.6 is 11.6 Å². The number of sulfonamides is 1. The number of nitrogens with one attached hydrogen (secondary N) is 1. The van der Waals surface area contributed by atoms with Gasteiger partial charge in [-0.15, -0.1) is 0 Å². The van der Waals surface area contributed by atoms with Gasteiger partial charge in [-0.3, -0.25) is 9.40 Å². The molecule has 0 fully saturated rings. The fraction of sp³-hybridized carbons (Fsp3) is 0.500. The second kappa shape index (κ2) is 3.19. The summed E-state index contributed by atoms with van der Waals surface area (Å²) in [5.74, 6) is 0.293. The molecule has 74 valence electrons. The lowest BCUT2D eigenvalue weighted by molar-refractivity contribution is 0.606. The zero-order chi connectivity index (χ0) is 10.2. The molecule has 0 bridgehead atoms. The Hall–Kier alpha value is -0.750. The predicted molar refractivity (Wildman–Crippen MR) is 51.4 cm³/mol. The summed E-state index contributed by atoms with van der Waals surface area (Å²) in [6.07, 6.45) is 1.06. The summed E-state index contributed by atoms with van der Waals surface area (Å²) >= 11 is 5.81. The van der Waals surface area contributed by atoms with Crippen molar-refractivity contribution in [2.75, 3.05) is 11.0 Å². The van der Waals surface area contributed by atoms with Crippen LogP contribution in [-0.2, 0) is 17.1 Å². The lowest BCUT2D eigenvalue weighted by atomic mass is 10.5. The van der Waals surface area contributed by atoms with E-state index in [4.69, 9.17) is 11.6 Å². The van der Waals surface area contributed by atoms with E-state index < -0.39 is 10.0 Å². The molecule has 0 radical (unpaired) electrons. The van der Waals surface area contributed by atoms with Crippen LogP contribution in [0.25, 0.3) is 0 Å². The Labute approximate surface area is 81.7 Å². The number of nitrogens with zero attached hydrogens (tertiary/aromatic N) is 2. The van der Waals surface area contributed by atoms with E-state index in [0.717, 1.165) is 6.26 Å². The molecule has 0 aromatic carbocycles. The van der Waals surface area contributed by atoms with Crippen LogP contribution in [-0.4, -0.2) is 24.5 Å². The monoisotopic (exact) mass is 223 g/mol. The summed E-state index contributed by atoms with van der Waals surface area (Å²) in [7, 11) is -1.69. The summed E-state index contributed by atoms with van der Waals surface area (Å²) in [6.45, 7) is 1.70. The normalized spacial score (nSPS) is 11.7. The molecule has 0 aliphatic carbocycles. The van der Waals surface area contributed by atoms with Gasteiger partial charge in [0.2, 0.25) is 10.0 Å². The maximum absolute atomic E-state index is 10.9. The van der Waals surface area contributed by atoms with Crippen LogP contribution in [0.1, 0.15) is 5.69 Å². The number of anilines is 1. The maximum Gasteiger partial charge on any atom is 0.231 e. The molecule has 0 spiro atoms. The summed E-state index contributed by atoms with van der Waals surface area (Å²) in [5, 5.41) is 4.28. The van der Waals surface area contributed by atoms with E-state index in [0.29, 0.717) is 16.5 Å². The maximum atomic E-state index is 10.9. The van der Waals surface area contributed by atoms with E-state index in [1.165, 1.54) is 4.68 Å². The fourth-order valence-electron chi connectivity index (χ4n) is 0.919. The number of hydrogen-bond acceptors (Lipinski definition) is 3. The summed E-state index contributed by atoms with van der Waals surface area (Å²) in [4.78, 5) is 0. The van der Waals surface area contributed by atoms with Crippen molar-refractivity contribution in [2.24, 2.45) is 7.05 Å². The van der Waals surface area contributed by atoms with Crippen molar-refractivity contribution < 1.29 is 8.42 Å². The number of halogens is 1. The van der Waals surface area contributed by atoms with Gasteiger partial charge in [-0.2, -0.15) is 5.10 Å². The Bertz CT molecular complexity index is 423. The Morgan fingerprint density at radius 2 is 2.08 bits per heavy atom. The third-order valence-corrected chi connectivity index (χ3v) is 2.45. The largest absolute Gasteiger partial charge is 0.267 e. The molecule has 1 N–H and O–H groups in total. The van der Waals surface area contributed by atoms with Crippen molar-refractivity contribution in [2.45, 2.75) is 6.92 Å². The standard InChI is InChI=1S/C6H10ClN3O2S/c1-4-5(7)6(10(2)8-4)9-13(3,11)12/h9H,1-3H3. The van der Waals surface area contributed by atoms with Crippen molar-refractivity contribution in [1.29, 1.82) is 0 Å². The SMILES string of the molecule is Cc1nn(C)c(NS(C)(=O)=O)c1Cl. The second-order valence-electron chi connectivity index (χ2n) is 2.75. The summed E-state index contributed by atoms with van der Waals surface area (Å²) in [6, 6.07) is 0. The van der Waals surface area contributed by atoms with Gasteiger partial charge in [-0.05, 0) is 6.92 Å². The van der Waals surface area contributed by atoms with Crippen molar-refractivity contribution in [3.63, 3.8) is 0 Å². The molecule has 0 saturated carbocycles. The Kier molecular flexibility index (Phi) is 2.53. The Morgan fingerprint density at radius 1 is 1.54 bits per heavy atom. The molecular weight excluding hydrogens is 214 g/mol. The first kappa shape index (κ1) is 10.3. The first-order chi connectivity index (χ1) is 5.81. The number of aromatic nitrogens is 2. The summed E-state index contributed by atoms with van der Waals surface area (Å²) < 4.78 is 25.5. The molecule has 1 rings (SSSR count). The highest BCUT2D eigenvalue weighted by Crippen LogP contribution is 2.24. The zero-order valence-corrected chi connectivity index (χ0v) is 9.07. The van der Waals surface area contributed by atoms with E-state index in [9.17, 15) is 8.42 Å². The highest BCUT2D eigenvalue weighted by Gasteiger charge is 2.13. The van der Waals surface area contributed by atoms with Gasteiger partial charge in [0.15, 0.2) is 5.82 Å². The van der Waals surface area contributed by atoms with Gasteiger partial charge in [0.1, 0.15) is 5.02 Å². The Morgan fingerprint density at radius 3 is 2.38 bits per heavy atom. The first-order valence-electron chi connectivity index (χ1n) is 3.48. The second-order valence-corrected chi connectivity index (χ2v) is 4.87. The van der Waals surface area contributed by atoms with Crippen LogP contribution in [0.15, 0.2) is 0 Å². The molecule has 0 aliphatic rings. The van der Waals surface area contributed by atoms with E-state index in [1.807, 2.05) is 0 Å². The van der Waals surface area contributed by atoms with E-state index in [2.05, 4.69) is 9.82 Å². The van der Waals surface area contributed by atoms with Crippen LogP contribution in [0.2, 0.25) is 5.02 Å². The molecule has 0 saturated heterocycles. The molecule has 1 aromatic rings. The fourth-order valence-corrected chi connectivity index (χ4v) is 1.77. The number of hydrogen-bond donors (Lipinski definition) is 1. The van der Waals surface area contributed by atoms with Gasteiger partial charge in [-0.1, -0.05) is 11.6 Å². The van der Waals surface area contributed by atoms with Gasteiger partial charge in [0, 0.05) is 7.05 Å². The van der Waals surface area contributed by atoms with Gasteiger partial charge in [0.25, 0.3) is 0 Å². The molecular formula is C6H10ClN3O2S. The van der Waals surface area contributed by atoms with Crippen LogP contribution in [0.3, 0.4) is 0 Å². The summed E-state index contributed by atoms with van der Waals surface area (Å²) in [5.41, 5.74) is 0.593. The topological polar surface area (TPSA) is 64.0 Å². The smallest absolute Gasteiger partial charge is 0.231 e. The molecule has 0 amide bonds. The van der Waals surface area contributed by atoms with E-state index in [1.54, 1.807) is 14.0 Å². The van der Waals surface area contributed by atoms with E-state index >= 15 is 0 Å². The molecule has 5 nitrogen and oxygen atoms in total. The van der Waals surface area contributed by atoms with Gasteiger partial charge >= 0.3 is 0 Å². The van der Waals surface area contributed by atoms with Crippen molar-refractivity contribution in [1.82, 2.24) is 9.78 Å². The van der Waals surface area contributed by atoms with Crippen LogP contribution in [0, 0.1) is 6.92 Å². The molecule has 1 heterocycles. The highest BCUT2D eigenvalue weighted by molar-refractivity contribution is 7.92. The lowest BCUT2D eigenvalue weighted by Crippen LogP contribution is -2.12. The predicted octanol–water partition coefficient (Wildman–Crippen LogP) is 0.753. The average molecular weight is 224 g/mol. The van der Waals surface area contributed by atoms with Gasteiger partial charge in [0.05, 0.1) is 11.9 Å². The van der Waals surface area contributed by atoms with Crippen LogP contribution < -0.4 is 4.72 Å². The van der Waals surface area contributed by atoms with Crippen molar-refractivity contribution in [3.05, 3.63) is 10.7 Å². The van der Waals surface area contributed by atoms with Crippen molar-refractivity contribution >= 4 is 27.4 Å². The minimum absolute atomic E-state index is 0.293. The van der Waals surface area contributed by atoms with E-state index in [-0.39, 0.29) is 0 Å². The molecule has 1 aromatic heterocycles.